The molecule has 1 unspecified atom stereocenters. The van der Waals surface area contributed by atoms with Crippen molar-refractivity contribution in [2.45, 2.75) is 38.1 Å². The zero-order valence-electron chi connectivity index (χ0n) is 17.8. The van der Waals surface area contributed by atoms with Crippen molar-refractivity contribution >= 4 is 31.5 Å². The Labute approximate surface area is 179 Å². The molecule has 0 aliphatic rings. The van der Waals surface area contributed by atoms with E-state index >= 15 is 0 Å². The third-order valence-electron chi connectivity index (χ3n) is 4.83. The molecule has 0 radical (unpaired) electrons. The number of nitrogens with zero attached hydrogens (tertiary/aromatic N) is 1. The Kier molecular flexibility index (Phi) is 7.31. The van der Waals surface area contributed by atoms with E-state index in [1.165, 1.54) is 12.1 Å². The van der Waals surface area contributed by atoms with Gasteiger partial charge in [0.05, 0.1) is 22.9 Å². The summed E-state index contributed by atoms with van der Waals surface area (Å²) in [7, 11) is -6.99. The second kappa shape index (κ2) is 9.18. The number of benzene rings is 2. The largest absolute Gasteiger partial charge is 0.348 e. The minimum absolute atomic E-state index is 0.200. The van der Waals surface area contributed by atoms with Crippen LogP contribution < -0.4 is 9.62 Å². The first-order valence-corrected chi connectivity index (χ1v) is 13.2. The molecule has 0 fully saturated rings. The van der Waals surface area contributed by atoms with Gasteiger partial charge in [0.1, 0.15) is 6.54 Å². The van der Waals surface area contributed by atoms with Gasteiger partial charge in [-0.05, 0) is 49.1 Å². The molecule has 2 aromatic carbocycles. The minimum Gasteiger partial charge on any atom is -0.348 e. The van der Waals surface area contributed by atoms with Gasteiger partial charge in [-0.25, -0.2) is 16.8 Å². The van der Waals surface area contributed by atoms with Crippen LogP contribution in [-0.4, -0.2) is 41.8 Å². The number of para-hydroxylation sites is 1. The number of anilines is 1. The summed E-state index contributed by atoms with van der Waals surface area (Å²) in [6.45, 7) is 5.14. The maximum atomic E-state index is 12.8. The number of sulfonamides is 1. The van der Waals surface area contributed by atoms with Gasteiger partial charge >= 0.3 is 0 Å². The molecular formula is C21H28N2O5S2. The summed E-state index contributed by atoms with van der Waals surface area (Å²) < 4.78 is 49.2. The fraction of sp³-hybridized carbons (Fsp3) is 0.381. The maximum Gasteiger partial charge on any atom is 0.241 e. The molecule has 1 amide bonds. The number of amides is 1. The molecule has 9 heteroatoms. The lowest BCUT2D eigenvalue weighted by atomic mass is 10.0. The van der Waals surface area contributed by atoms with Crippen molar-refractivity contribution in [1.82, 2.24) is 5.32 Å². The van der Waals surface area contributed by atoms with Gasteiger partial charge in [-0.3, -0.25) is 9.10 Å². The Balaban J connectivity index is 2.26. The maximum absolute atomic E-state index is 12.8. The second-order valence-corrected chi connectivity index (χ2v) is 11.3. The van der Waals surface area contributed by atoms with Crippen molar-refractivity contribution in [3.05, 3.63) is 59.2 Å². The number of nitrogens with one attached hydrogen (secondary N) is 1. The molecule has 1 N–H and O–H groups in total. The summed E-state index contributed by atoms with van der Waals surface area (Å²) in [5, 5.41) is 2.86. The third kappa shape index (κ3) is 5.82. The number of hydrogen-bond donors (Lipinski definition) is 1. The van der Waals surface area contributed by atoms with E-state index in [1.807, 2.05) is 13.0 Å². The first-order valence-electron chi connectivity index (χ1n) is 9.48. The van der Waals surface area contributed by atoms with E-state index in [4.69, 9.17) is 0 Å². The number of sulfone groups is 1. The predicted octanol–water partition coefficient (Wildman–Crippen LogP) is 2.74. The SMILES string of the molecule is CCC(NC(=O)CN(c1c(C)cccc1C)S(C)(=O)=O)c1ccc(S(C)(=O)=O)cc1. The van der Waals surface area contributed by atoms with Crippen molar-refractivity contribution in [1.29, 1.82) is 0 Å². The van der Waals surface area contributed by atoms with E-state index in [0.717, 1.165) is 33.5 Å². The first-order chi connectivity index (χ1) is 13.8. The zero-order chi connectivity index (χ0) is 22.7. The first kappa shape index (κ1) is 23.9. The average Bonchev–Trinajstić information content (AvgIpc) is 2.63. The summed E-state index contributed by atoms with van der Waals surface area (Å²) in [4.78, 5) is 13.0. The van der Waals surface area contributed by atoms with Crippen molar-refractivity contribution in [3.63, 3.8) is 0 Å². The monoisotopic (exact) mass is 452 g/mol. The van der Waals surface area contributed by atoms with Gasteiger partial charge in [-0.15, -0.1) is 0 Å². The molecule has 164 valence electrons. The summed E-state index contributed by atoms with van der Waals surface area (Å²) in [5.74, 6) is -0.442. The smallest absolute Gasteiger partial charge is 0.241 e. The lowest BCUT2D eigenvalue weighted by Gasteiger charge is -2.26. The summed E-state index contributed by atoms with van der Waals surface area (Å²) in [6, 6.07) is 11.4. The fourth-order valence-electron chi connectivity index (χ4n) is 3.30. The van der Waals surface area contributed by atoms with Crippen LogP contribution in [0.3, 0.4) is 0 Å². The van der Waals surface area contributed by atoms with Crippen LogP contribution in [0.15, 0.2) is 47.4 Å². The Morgan fingerprint density at radius 3 is 1.93 bits per heavy atom. The van der Waals surface area contributed by atoms with E-state index in [0.29, 0.717) is 12.1 Å². The van der Waals surface area contributed by atoms with Gasteiger partial charge < -0.3 is 5.32 Å². The molecule has 0 saturated carbocycles. The minimum atomic E-state index is -3.68. The highest BCUT2D eigenvalue weighted by molar-refractivity contribution is 7.92. The molecule has 0 saturated heterocycles. The molecule has 0 spiro atoms. The Bertz CT molecular complexity index is 1100. The second-order valence-electron chi connectivity index (χ2n) is 7.38. The molecule has 0 aromatic heterocycles. The number of carbonyl (C=O) groups excluding carboxylic acids is 1. The molecule has 2 rings (SSSR count). The molecule has 30 heavy (non-hydrogen) atoms. The van der Waals surface area contributed by atoms with Crippen molar-refractivity contribution in [2.75, 3.05) is 23.4 Å². The van der Waals surface area contributed by atoms with Crippen LogP contribution in [-0.2, 0) is 24.7 Å². The molecule has 1 atom stereocenters. The van der Waals surface area contributed by atoms with Crippen LogP contribution in [0.1, 0.15) is 36.1 Å². The summed E-state index contributed by atoms with van der Waals surface area (Å²) in [5.41, 5.74) is 2.77. The van der Waals surface area contributed by atoms with E-state index in [-0.39, 0.29) is 17.5 Å². The average molecular weight is 453 g/mol. The van der Waals surface area contributed by atoms with Gasteiger partial charge in [0.2, 0.25) is 15.9 Å². The van der Waals surface area contributed by atoms with E-state index < -0.39 is 25.8 Å². The fourth-order valence-corrected chi connectivity index (χ4v) is 4.90. The van der Waals surface area contributed by atoms with Gasteiger partial charge in [-0.2, -0.15) is 0 Å². The quantitative estimate of drug-likeness (QED) is 0.664. The standard InChI is InChI=1S/C21H28N2O5S2/c1-6-19(17-10-12-18(13-11-17)29(4,25)26)22-20(24)14-23(30(5,27)28)21-15(2)8-7-9-16(21)3/h7-13,19H,6,14H2,1-5H3,(H,22,24). The number of hydrogen-bond acceptors (Lipinski definition) is 5. The Morgan fingerprint density at radius 2 is 1.50 bits per heavy atom. The van der Waals surface area contributed by atoms with Gasteiger partial charge in [0, 0.05) is 6.26 Å². The van der Waals surface area contributed by atoms with Crippen molar-refractivity contribution in [2.24, 2.45) is 0 Å². The normalized spacial score (nSPS) is 13.0. The highest BCUT2D eigenvalue weighted by Crippen LogP contribution is 2.27. The van der Waals surface area contributed by atoms with Crippen LogP contribution in [0.4, 0.5) is 5.69 Å². The number of aryl methyl sites for hydroxylation is 2. The van der Waals surface area contributed by atoms with E-state index in [1.54, 1.807) is 38.1 Å². The number of rotatable bonds is 8. The zero-order valence-corrected chi connectivity index (χ0v) is 19.5. The van der Waals surface area contributed by atoms with Crippen LogP contribution in [0.5, 0.6) is 0 Å². The third-order valence-corrected chi connectivity index (χ3v) is 7.07. The van der Waals surface area contributed by atoms with Gasteiger partial charge in [0.25, 0.3) is 0 Å². The molecule has 2 aromatic rings. The van der Waals surface area contributed by atoms with Gasteiger partial charge in [0.15, 0.2) is 9.84 Å². The van der Waals surface area contributed by atoms with E-state index in [2.05, 4.69) is 5.32 Å². The van der Waals surface area contributed by atoms with Crippen molar-refractivity contribution in [3.8, 4) is 0 Å². The molecule has 0 heterocycles. The van der Waals surface area contributed by atoms with Crippen LogP contribution >= 0.6 is 0 Å². The summed E-state index contributed by atoms with van der Waals surface area (Å²) in [6.07, 6.45) is 2.77. The molecule has 7 nitrogen and oxygen atoms in total. The van der Waals surface area contributed by atoms with Crippen molar-refractivity contribution < 1.29 is 21.6 Å². The van der Waals surface area contributed by atoms with Crippen LogP contribution in [0.25, 0.3) is 0 Å². The molecule has 0 aliphatic heterocycles. The highest BCUT2D eigenvalue weighted by Gasteiger charge is 2.25. The Hall–Kier alpha value is -2.39. The topological polar surface area (TPSA) is 101 Å². The van der Waals surface area contributed by atoms with Crippen LogP contribution in [0.2, 0.25) is 0 Å². The lowest BCUT2D eigenvalue weighted by molar-refractivity contribution is -0.120. The van der Waals surface area contributed by atoms with Crippen LogP contribution in [0, 0.1) is 13.8 Å². The van der Waals surface area contributed by atoms with Gasteiger partial charge in [-0.1, -0.05) is 37.3 Å². The number of carbonyl (C=O) groups is 1. The lowest BCUT2D eigenvalue weighted by Crippen LogP contribution is -2.42. The summed E-state index contributed by atoms with van der Waals surface area (Å²) >= 11 is 0. The molecule has 0 aliphatic carbocycles. The van der Waals surface area contributed by atoms with E-state index in [9.17, 15) is 21.6 Å². The Morgan fingerprint density at radius 1 is 0.967 bits per heavy atom. The molecule has 0 bridgehead atoms. The predicted molar refractivity (Wildman–Crippen MR) is 119 cm³/mol. The molecular weight excluding hydrogens is 424 g/mol. The highest BCUT2D eigenvalue weighted by atomic mass is 32.2.